The van der Waals surface area contributed by atoms with E-state index in [4.69, 9.17) is 9.84 Å². The van der Waals surface area contributed by atoms with Crippen molar-refractivity contribution in [1.82, 2.24) is 10.2 Å². The van der Waals surface area contributed by atoms with E-state index in [1.54, 1.807) is 12.1 Å². The number of carbonyl (C=O) groups excluding carboxylic acids is 1. The van der Waals surface area contributed by atoms with Crippen molar-refractivity contribution in [1.29, 1.82) is 0 Å². The monoisotopic (exact) mass is 306 g/mol. The highest BCUT2D eigenvalue weighted by Crippen LogP contribution is 2.16. The molecule has 0 aliphatic carbocycles. The maximum atomic E-state index is 11.9. The van der Waals surface area contributed by atoms with E-state index in [0.29, 0.717) is 24.8 Å². The number of piperidine rings is 1. The van der Waals surface area contributed by atoms with Gasteiger partial charge in [0.25, 0.3) is 0 Å². The molecule has 0 aromatic heterocycles. The van der Waals surface area contributed by atoms with E-state index in [9.17, 15) is 9.59 Å². The Hall–Kier alpha value is -2.24. The van der Waals surface area contributed by atoms with E-state index in [0.717, 1.165) is 25.9 Å². The summed E-state index contributed by atoms with van der Waals surface area (Å²) in [4.78, 5) is 24.6. The number of nitrogens with one attached hydrogen (secondary N) is 1. The van der Waals surface area contributed by atoms with Gasteiger partial charge in [-0.05, 0) is 37.0 Å². The second-order valence-electron chi connectivity index (χ2n) is 5.58. The van der Waals surface area contributed by atoms with Crippen LogP contribution in [0, 0.1) is 5.92 Å². The number of hydrogen-bond donors (Lipinski definition) is 2. The van der Waals surface area contributed by atoms with Gasteiger partial charge in [-0.2, -0.15) is 0 Å². The number of carbonyl (C=O) groups is 2. The highest BCUT2D eigenvalue weighted by Gasteiger charge is 2.19. The van der Waals surface area contributed by atoms with Crippen LogP contribution in [0.25, 0.3) is 0 Å². The third-order valence-electron chi connectivity index (χ3n) is 3.80. The SMILES string of the molecule is CC1CCN(C(=O)NCCOc2cccc(C(=O)O)c2)CC1. The summed E-state index contributed by atoms with van der Waals surface area (Å²) in [7, 11) is 0. The van der Waals surface area contributed by atoms with E-state index in [2.05, 4.69) is 12.2 Å². The summed E-state index contributed by atoms with van der Waals surface area (Å²) in [6.07, 6.45) is 2.10. The molecule has 0 bridgehead atoms. The van der Waals surface area contributed by atoms with Crippen molar-refractivity contribution in [3.63, 3.8) is 0 Å². The zero-order valence-electron chi connectivity index (χ0n) is 12.7. The minimum atomic E-state index is -0.988. The maximum Gasteiger partial charge on any atom is 0.335 e. The number of amides is 2. The molecule has 2 amide bonds. The topological polar surface area (TPSA) is 78.9 Å². The third-order valence-corrected chi connectivity index (χ3v) is 3.80. The van der Waals surface area contributed by atoms with Crippen molar-refractivity contribution in [3.05, 3.63) is 29.8 Å². The van der Waals surface area contributed by atoms with Crippen LogP contribution in [0.5, 0.6) is 5.75 Å². The fourth-order valence-electron chi connectivity index (χ4n) is 2.37. The third kappa shape index (κ3) is 4.65. The highest BCUT2D eigenvalue weighted by molar-refractivity contribution is 5.88. The molecule has 120 valence electrons. The van der Waals surface area contributed by atoms with Gasteiger partial charge in [0, 0.05) is 13.1 Å². The number of ether oxygens (including phenoxy) is 1. The van der Waals surface area contributed by atoms with Gasteiger partial charge in [-0.3, -0.25) is 0 Å². The van der Waals surface area contributed by atoms with Crippen LogP contribution in [0.4, 0.5) is 4.79 Å². The van der Waals surface area contributed by atoms with E-state index >= 15 is 0 Å². The van der Waals surface area contributed by atoms with Crippen molar-refractivity contribution in [2.24, 2.45) is 5.92 Å². The Balaban J connectivity index is 1.69. The van der Waals surface area contributed by atoms with Gasteiger partial charge < -0.3 is 20.1 Å². The molecule has 1 heterocycles. The number of likely N-dealkylation sites (tertiary alicyclic amines) is 1. The van der Waals surface area contributed by atoms with Gasteiger partial charge in [-0.1, -0.05) is 13.0 Å². The van der Waals surface area contributed by atoms with Crippen molar-refractivity contribution < 1.29 is 19.4 Å². The molecule has 22 heavy (non-hydrogen) atoms. The predicted octanol–water partition coefficient (Wildman–Crippen LogP) is 2.21. The smallest absolute Gasteiger partial charge is 0.335 e. The van der Waals surface area contributed by atoms with Crippen molar-refractivity contribution >= 4 is 12.0 Å². The first-order valence-electron chi connectivity index (χ1n) is 7.55. The number of rotatable bonds is 5. The van der Waals surface area contributed by atoms with E-state index < -0.39 is 5.97 Å². The average molecular weight is 306 g/mol. The van der Waals surface area contributed by atoms with Gasteiger partial charge in [-0.25, -0.2) is 9.59 Å². The summed E-state index contributed by atoms with van der Waals surface area (Å²) in [5, 5.41) is 11.7. The molecule has 0 spiro atoms. The van der Waals surface area contributed by atoms with Crippen LogP contribution in [0.15, 0.2) is 24.3 Å². The van der Waals surface area contributed by atoms with Crippen LogP contribution in [-0.4, -0.2) is 48.2 Å². The maximum absolute atomic E-state index is 11.9. The molecule has 0 unspecified atom stereocenters. The zero-order valence-corrected chi connectivity index (χ0v) is 12.7. The molecule has 2 rings (SSSR count). The summed E-state index contributed by atoms with van der Waals surface area (Å²) in [6.45, 7) is 4.50. The average Bonchev–Trinajstić information content (AvgIpc) is 2.52. The second-order valence-corrected chi connectivity index (χ2v) is 5.58. The molecule has 1 aliphatic rings. The first-order chi connectivity index (χ1) is 10.6. The minimum absolute atomic E-state index is 0.0604. The number of hydrogen-bond acceptors (Lipinski definition) is 3. The Labute approximate surface area is 130 Å². The Morgan fingerprint density at radius 1 is 1.36 bits per heavy atom. The number of carboxylic acid groups (broad SMARTS) is 1. The number of nitrogens with zero attached hydrogens (tertiary/aromatic N) is 1. The van der Waals surface area contributed by atoms with Crippen LogP contribution >= 0.6 is 0 Å². The largest absolute Gasteiger partial charge is 0.492 e. The normalized spacial score (nSPS) is 15.4. The lowest BCUT2D eigenvalue weighted by Crippen LogP contribution is -2.45. The van der Waals surface area contributed by atoms with E-state index in [1.807, 2.05) is 4.90 Å². The number of benzene rings is 1. The summed E-state index contributed by atoms with van der Waals surface area (Å²) in [5.41, 5.74) is 0.184. The summed E-state index contributed by atoms with van der Waals surface area (Å²) in [5.74, 6) is 0.188. The first-order valence-corrected chi connectivity index (χ1v) is 7.55. The van der Waals surface area contributed by atoms with Crippen LogP contribution in [0.2, 0.25) is 0 Å². The molecule has 1 fully saturated rings. The predicted molar refractivity (Wildman–Crippen MR) is 82.3 cm³/mol. The summed E-state index contributed by atoms with van der Waals surface area (Å²) in [6, 6.07) is 6.24. The molecule has 0 atom stereocenters. The number of aromatic carboxylic acids is 1. The molecular weight excluding hydrogens is 284 g/mol. The minimum Gasteiger partial charge on any atom is -0.492 e. The molecule has 0 radical (unpaired) electrons. The molecule has 6 nitrogen and oxygen atoms in total. The molecule has 2 N–H and O–H groups in total. The molecule has 1 saturated heterocycles. The lowest BCUT2D eigenvalue weighted by atomic mass is 10.00. The number of carboxylic acids is 1. The standard InChI is InChI=1S/C16H22N2O4/c1-12-5-8-18(9-6-12)16(21)17-7-10-22-14-4-2-3-13(11-14)15(19)20/h2-4,11-12H,5-10H2,1H3,(H,17,21)(H,19,20). The molecule has 0 saturated carbocycles. The lowest BCUT2D eigenvalue weighted by molar-refractivity contribution is 0.0696. The Morgan fingerprint density at radius 3 is 2.77 bits per heavy atom. The van der Waals surface area contributed by atoms with Crippen LogP contribution in [-0.2, 0) is 0 Å². The van der Waals surface area contributed by atoms with E-state index in [-0.39, 0.29) is 11.6 Å². The number of urea groups is 1. The Kier molecular flexibility index (Phi) is 5.63. The van der Waals surface area contributed by atoms with Crippen molar-refractivity contribution in [2.75, 3.05) is 26.2 Å². The van der Waals surface area contributed by atoms with Crippen LogP contribution < -0.4 is 10.1 Å². The zero-order chi connectivity index (χ0) is 15.9. The van der Waals surface area contributed by atoms with Gasteiger partial charge in [0.1, 0.15) is 12.4 Å². The second kappa shape index (κ2) is 7.68. The van der Waals surface area contributed by atoms with Gasteiger partial charge in [0.2, 0.25) is 0 Å². The lowest BCUT2D eigenvalue weighted by Gasteiger charge is -2.30. The molecule has 6 heteroatoms. The van der Waals surface area contributed by atoms with Crippen molar-refractivity contribution in [3.8, 4) is 5.75 Å². The summed E-state index contributed by atoms with van der Waals surface area (Å²) >= 11 is 0. The first kappa shape index (κ1) is 16.1. The molecule has 1 aromatic carbocycles. The van der Waals surface area contributed by atoms with Crippen LogP contribution in [0.3, 0.4) is 0 Å². The van der Waals surface area contributed by atoms with E-state index in [1.165, 1.54) is 12.1 Å². The Bertz CT molecular complexity index is 525. The van der Waals surface area contributed by atoms with Crippen LogP contribution in [0.1, 0.15) is 30.1 Å². The van der Waals surface area contributed by atoms with Gasteiger partial charge in [-0.15, -0.1) is 0 Å². The van der Waals surface area contributed by atoms with Gasteiger partial charge in [0.15, 0.2) is 0 Å². The summed E-state index contributed by atoms with van der Waals surface area (Å²) < 4.78 is 5.46. The molecule has 1 aromatic rings. The van der Waals surface area contributed by atoms with Crippen molar-refractivity contribution in [2.45, 2.75) is 19.8 Å². The van der Waals surface area contributed by atoms with Gasteiger partial charge in [0.05, 0.1) is 12.1 Å². The fourth-order valence-corrected chi connectivity index (χ4v) is 2.37. The fraction of sp³-hybridized carbons (Fsp3) is 0.500. The van der Waals surface area contributed by atoms with Gasteiger partial charge >= 0.3 is 12.0 Å². The highest BCUT2D eigenvalue weighted by atomic mass is 16.5. The quantitative estimate of drug-likeness (QED) is 0.817. The Morgan fingerprint density at radius 2 is 2.09 bits per heavy atom. The molecule has 1 aliphatic heterocycles. The molecular formula is C16H22N2O4.